The summed E-state index contributed by atoms with van der Waals surface area (Å²) < 4.78 is 63.6. The van der Waals surface area contributed by atoms with Crippen LogP contribution in [0.5, 0.6) is 0 Å². The van der Waals surface area contributed by atoms with Crippen molar-refractivity contribution in [2.24, 2.45) is 0 Å². The van der Waals surface area contributed by atoms with Crippen molar-refractivity contribution in [3.05, 3.63) is 40.7 Å². The highest BCUT2D eigenvalue weighted by molar-refractivity contribution is 6.31. The molecular formula is C10H5ClF5N3. The van der Waals surface area contributed by atoms with Gasteiger partial charge in [0.25, 0.3) is 6.43 Å². The average Bonchev–Trinajstić information content (AvgIpc) is 2.77. The Morgan fingerprint density at radius 2 is 1.89 bits per heavy atom. The van der Waals surface area contributed by atoms with Gasteiger partial charge in [0, 0.05) is 10.6 Å². The average molecular weight is 298 g/mol. The molecule has 0 aliphatic heterocycles. The van der Waals surface area contributed by atoms with Gasteiger partial charge in [0.1, 0.15) is 0 Å². The molecule has 9 heteroatoms. The topological polar surface area (TPSA) is 30.7 Å². The molecule has 0 aliphatic rings. The van der Waals surface area contributed by atoms with Crippen LogP contribution in [0, 0.1) is 0 Å². The minimum Gasteiger partial charge on any atom is -0.208 e. The third-order valence-corrected chi connectivity index (χ3v) is 2.64. The Morgan fingerprint density at radius 1 is 1.21 bits per heavy atom. The number of hydrogen-bond donors (Lipinski definition) is 0. The first kappa shape index (κ1) is 13.7. The Balaban J connectivity index is 2.55. The van der Waals surface area contributed by atoms with Crippen molar-refractivity contribution in [3.8, 4) is 5.69 Å². The lowest BCUT2D eigenvalue weighted by atomic mass is 10.2. The van der Waals surface area contributed by atoms with E-state index in [1.165, 1.54) is 0 Å². The summed E-state index contributed by atoms with van der Waals surface area (Å²) in [6.45, 7) is 0. The van der Waals surface area contributed by atoms with Crippen molar-refractivity contribution in [2.45, 2.75) is 12.6 Å². The first-order valence-corrected chi connectivity index (χ1v) is 5.24. The summed E-state index contributed by atoms with van der Waals surface area (Å²) >= 11 is 5.53. The molecule has 19 heavy (non-hydrogen) atoms. The second-order valence-electron chi connectivity index (χ2n) is 3.54. The monoisotopic (exact) mass is 297 g/mol. The minimum atomic E-state index is -4.69. The van der Waals surface area contributed by atoms with Crippen molar-refractivity contribution >= 4 is 11.6 Å². The Morgan fingerprint density at radius 3 is 2.47 bits per heavy atom. The van der Waals surface area contributed by atoms with Crippen LogP contribution in [0.25, 0.3) is 5.69 Å². The zero-order valence-corrected chi connectivity index (χ0v) is 9.75. The summed E-state index contributed by atoms with van der Waals surface area (Å²) in [5.41, 5.74) is -1.91. The standard InChI is InChI=1S/C10H5ClF5N3/c11-7-2-1-5(3-6(7)9(12)13)19-8(4-17-18-19)10(14,15)16/h1-4,9H. The second kappa shape index (κ2) is 4.76. The predicted molar refractivity (Wildman–Crippen MR) is 56.3 cm³/mol. The molecule has 0 saturated heterocycles. The zero-order valence-electron chi connectivity index (χ0n) is 9.00. The van der Waals surface area contributed by atoms with E-state index in [9.17, 15) is 22.0 Å². The second-order valence-corrected chi connectivity index (χ2v) is 3.94. The van der Waals surface area contributed by atoms with Gasteiger partial charge in [-0.2, -0.15) is 13.2 Å². The summed E-state index contributed by atoms with van der Waals surface area (Å²) in [5.74, 6) is 0. The molecular weight excluding hydrogens is 293 g/mol. The Bertz CT molecular complexity index is 593. The highest BCUT2D eigenvalue weighted by Gasteiger charge is 2.36. The molecule has 1 heterocycles. The van der Waals surface area contributed by atoms with Crippen LogP contribution in [0.15, 0.2) is 24.4 Å². The van der Waals surface area contributed by atoms with Gasteiger partial charge in [-0.25, -0.2) is 13.5 Å². The molecule has 1 aromatic carbocycles. The Kier molecular flexibility index (Phi) is 3.44. The first-order valence-electron chi connectivity index (χ1n) is 4.86. The van der Waals surface area contributed by atoms with Gasteiger partial charge in [-0.3, -0.25) is 0 Å². The van der Waals surface area contributed by atoms with Gasteiger partial charge in [0.05, 0.1) is 11.9 Å². The Hall–Kier alpha value is -1.70. The largest absolute Gasteiger partial charge is 0.435 e. The first-order chi connectivity index (χ1) is 8.80. The van der Waals surface area contributed by atoms with Crippen molar-refractivity contribution < 1.29 is 22.0 Å². The van der Waals surface area contributed by atoms with Crippen molar-refractivity contribution in [1.29, 1.82) is 0 Å². The van der Waals surface area contributed by atoms with E-state index in [1.807, 2.05) is 0 Å². The van der Waals surface area contributed by atoms with Crippen LogP contribution >= 0.6 is 11.6 Å². The fourth-order valence-electron chi connectivity index (χ4n) is 1.45. The molecule has 0 aliphatic carbocycles. The van der Waals surface area contributed by atoms with Gasteiger partial charge in [-0.15, -0.1) is 5.10 Å². The SMILES string of the molecule is FC(F)c1cc(-n2nncc2C(F)(F)F)ccc1Cl. The van der Waals surface area contributed by atoms with Crippen LogP contribution < -0.4 is 0 Å². The lowest BCUT2D eigenvalue weighted by Gasteiger charge is -2.11. The smallest absolute Gasteiger partial charge is 0.208 e. The van der Waals surface area contributed by atoms with E-state index >= 15 is 0 Å². The molecule has 0 atom stereocenters. The van der Waals surface area contributed by atoms with E-state index in [1.54, 1.807) is 0 Å². The molecule has 0 unspecified atom stereocenters. The van der Waals surface area contributed by atoms with E-state index in [0.29, 0.717) is 10.9 Å². The third kappa shape index (κ3) is 2.67. The van der Waals surface area contributed by atoms with Crippen LogP contribution in [0.3, 0.4) is 0 Å². The quantitative estimate of drug-likeness (QED) is 0.788. The van der Waals surface area contributed by atoms with Crippen LogP contribution in [0.4, 0.5) is 22.0 Å². The molecule has 0 bridgehead atoms. The number of rotatable bonds is 2. The van der Waals surface area contributed by atoms with Crippen molar-refractivity contribution in [1.82, 2.24) is 15.0 Å². The minimum absolute atomic E-state index is 0.190. The van der Waals surface area contributed by atoms with E-state index in [-0.39, 0.29) is 10.7 Å². The van der Waals surface area contributed by atoms with E-state index in [2.05, 4.69) is 10.3 Å². The van der Waals surface area contributed by atoms with Crippen LogP contribution in [-0.2, 0) is 6.18 Å². The molecule has 1 aromatic heterocycles. The number of benzene rings is 1. The summed E-state index contributed by atoms with van der Waals surface area (Å²) in [6.07, 6.45) is -7.07. The number of halogens is 6. The van der Waals surface area contributed by atoms with Gasteiger partial charge in [-0.05, 0) is 18.2 Å². The highest BCUT2D eigenvalue weighted by atomic mass is 35.5. The summed E-state index contributed by atoms with van der Waals surface area (Å²) in [4.78, 5) is 0. The van der Waals surface area contributed by atoms with Gasteiger partial charge in [0.15, 0.2) is 5.69 Å². The number of hydrogen-bond acceptors (Lipinski definition) is 2. The lowest BCUT2D eigenvalue weighted by Crippen LogP contribution is -2.13. The van der Waals surface area contributed by atoms with Crippen molar-refractivity contribution in [3.63, 3.8) is 0 Å². The predicted octanol–water partition coefficient (Wildman–Crippen LogP) is 3.88. The van der Waals surface area contributed by atoms with Gasteiger partial charge in [0.2, 0.25) is 0 Å². The van der Waals surface area contributed by atoms with E-state index < -0.39 is 23.9 Å². The zero-order chi connectivity index (χ0) is 14.2. The molecule has 3 nitrogen and oxygen atoms in total. The maximum absolute atomic E-state index is 12.6. The van der Waals surface area contributed by atoms with Gasteiger partial charge < -0.3 is 0 Å². The van der Waals surface area contributed by atoms with Crippen molar-refractivity contribution in [2.75, 3.05) is 0 Å². The molecule has 0 amide bonds. The number of alkyl halides is 5. The number of nitrogens with zero attached hydrogens (tertiary/aromatic N) is 3. The highest BCUT2D eigenvalue weighted by Crippen LogP contribution is 2.32. The van der Waals surface area contributed by atoms with Gasteiger partial charge >= 0.3 is 6.18 Å². The molecule has 0 radical (unpaired) electrons. The van der Waals surface area contributed by atoms with Crippen LogP contribution in [0.2, 0.25) is 5.02 Å². The summed E-state index contributed by atoms with van der Waals surface area (Å²) in [7, 11) is 0. The summed E-state index contributed by atoms with van der Waals surface area (Å²) in [6, 6.07) is 3.08. The molecule has 102 valence electrons. The van der Waals surface area contributed by atoms with Crippen LogP contribution in [-0.4, -0.2) is 15.0 Å². The molecule has 2 rings (SSSR count). The molecule has 2 aromatic rings. The summed E-state index contributed by atoms with van der Waals surface area (Å²) in [5, 5.41) is 6.15. The lowest BCUT2D eigenvalue weighted by molar-refractivity contribution is -0.142. The molecule has 0 N–H and O–H groups in total. The molecule has 0 spiro atoms. The van der Waals surface area contributed by atoms with Crippen LogP contribution in [0.1, 0.15) is 17.7 Å². The molecule has 0 fully saturated rings. The maximum atomic E-state index is 12.6. The fourth-order valence-corrected chi connectivity index (χ4v) is 1.65. The third-order valence-electron chi connectivity index (χ3n) is 2.30. The number of aromatic nitrogens is 3. The van der Waals surface area contributed by atoms with E-state index in [0.717, 1.165) is 18.2 Å². The van der Waals surface area contributed by atoms with E-state index in [4.69, 9.17) is 11.6 Å². The Labute approximate surface area is 108 Å². The molecule has 0 saturated carbocycles. The fraction of sp³-hybridized carbons (Fsp3) is 0.200. The maximum Gasteiger partial charge on any atom is 0.435 e. The van der Waals surface area contributed by atoms with Gasteiger partial charge in [-0.1, -0.05) is 16.8 Å². The normalized spacial score (nSPS) is 12.2.